The summed E-state index contributed by atoms with van der Waals surface area (Å²) in [5.74, 6) is -2.42. The topological polar surface area (TPSA) is 77.8 Å². The standard InChI is InChI=1S/C13H16F6O4/c14-12(15,16)11(23,13(17,18)19)6-8(10(21)22)5-7-1-3-9(20)4-2-7/h6-7,9,20,23H,1-5H2,(H,21,22). The van der Waals surface area contributed by atoms with Crippen molar-refractivity contribution in [2.45, 2.75) is 56.2 Å². The molecule has 0 unspecified atom stereocenters. The van der Waals surface area contributed by atoms with E-state index in [9.17, 15) is 36.2 Å². The number of alkyl halides is 6. The Labute approximate surface area is 127 Å². The van der Waals surface area contributed by atoms with Gasteiger partial charge in [0.05, 0.1) is 6.10 Å². The Morgan fingerprint density at radius 1 is 1.00 bits per heavy atom. The second kappa shape index (κ2) is 6.68. The van der Waals surface area contributed by atoms with Crippen LogP contribution in [0.2, 0.25) is 0 Å². The summed E-state index contributed by atoms with van der Waals surface area (Å²) in [7, 11) is 0. The summed E-state index contributed by atoms with van der Waals surface area (Å²) >= 11 is 0. The van der Waals surface area contributed by atoms with Gasteiger partial charge in [-0.2, -0.15) is 26.3 Å². The van der Waals surface area contributed by atoms with Crippen LogP contribution in [0.4, 0.5) is 26.3 Å². The van der Waals surface area contributed by atoms with Gasteiger partial charge in [0.2, 0.25) is 0 Å². The molecule has 1 aliphatic carbocycles. The average Bonchev–Trinajstić information content (AvgIpc) is 2.37. The molecule has 0 heterocycles. The van der Waals surface area contributed by atoms with Gasteiger partial charge < -0.3 is 15.3 Å². The predicted molar refractivity (Wildman–Crippen MR) is 65.4 cm³/mol. The fraction of sp³-hybridized carbons (Fsp3) is 0.769. The molecular weight excluding hydrogens is 334 g/mol. The van der Waals surface area contributed by atoms with Gasteiger partial charge in [0, 0.05) is 5.57 Å². The van der Waals surface area contributed by atoms with Gasteiger partial charge in [-0.05, 0) is 44.1 Å². The molecule has 0 aromatic heterocycles. The van der Waals surface area contributed by atoms with Gasteiger partial charge in [0.1, 0.15) is 0 Å². The zero-order valence-electron chi connectivity index (χ0n) is 11.8. The molecule has 0 spiro atoms. The van der Waals surface area contributed by atoms with Crippen LogP contribution < -0.4 is 0 Å². The predicted octanol–water partition coefficient (Wildman–Crippen LogP) is 2.79. The first-order chi connectivity index (χ1) is 10.3. The van der Waals surface area contributed by atoms with E-state index in [4.69, 9.17) is 10.2 Å². The van der Waals surface area contributed by atoms with Gasteiger partial charge in [-0.15, -0.1) is 0 Å². The molecule has 0 saturated heterocycles. The van der Waals surface area contributed by atoms with Crippen molar-refractivity contribution >= 4 is 5.97 Å². The molecule has 0 aliphatic heterocycles. The molecule has 10 heteroatoms. The third-order valence-corrected chi connectivity index (χ3v) is 3.85. The monoisotopic (exact) mass is 350 g/mol. The Morgan fingerprint density at radius 2 is 1.43 bits per heavy atom. The quantitative estimate of drug-likeness (QED) is 0.538. The molecule has 1 saturated carbocycles. The molecule has 0 bridgehead atoms. The summed E-state index contributed by atoms with van der Waals surface area (Å²) in [6, 6.07) is 0. The zero-order chi connectivity index (χ0) is 18.1. The fourth-order valence-electron chi connectivity index (χ4n) is 2.44. The second-order valence-corrected chi connectivity index (χ2v) is 5.62. The van der Waals surface area contributed by atoms with Gasteiger partial charge in [0.25, 0.3) is 5.60 Å². The van der Waals surface area contributed by atoms with E-state index >= 15 is 0 Å². The second-order valence-electron chi connectivity index (χ2n) is 5.62. The lowest BCUT2D eigenvalue weighted by atomic mass is 9.82. The van der Waals surface area contributed by atoms with Crippen molar-refractivity contribution < 1.29 is 46.5 Å². The van der Waals surface area contributed by atoms with Gasteiger partial charge in [0.15, 0.2) is 0 Å². The number of hydrogen-bond acceptors (Lipinski definition) is 3. The van der Waals surface area contributed by atoms with E-state index in [1.807, 2.05) is 0 Å². The summed E-state index contributed by atoms with van der Waals surface area (Å²) in [4.78, 5) is 11.0. The van der Waals surface area contributed by atoms with Gasteiger partial charge in [-0.25, -0.2) is 4.79 Å². The van der Waals surface area contributed by atoms with Gasteiger partial charge in [-0.3, -0.25) is 0 Å². The SMILES string of the molecule is O=C(O)C(=CC(O)(C(F)(F)F)C(F)(F)F)CC1CCC(O)CC1. The highest BCUT2D eigenvalue weighted by Crippen LogP contribution is 2.45. The molecule has 0 atom stereocenters. The van der Waals surface area contributed by atoms with Crippen LogP contribution in [-0.2, 0) is 4.79 Å². The molecule has 4 nitrogen and oxygen atoms in total. The van der Waals surface area contributed by atoms with Crippen molar-refractivity contribution in [1.29, 1.82) is 0 Å². The maximum atomic E-state index is 12.6. The molecular formula is C13H16F6O4. The number of aliphatic hydroxyl groups is 2. The highest BCUT2D eigenvalue weighted by Gasteiger charge is 2.69. The first-order valence-corrected chi connectivity index (χ1v) is 6.77. The van der Waals surface area contributed by atoms with E-state index in [-0.39, 0.29) is 12.8 Å². The lowest BCUT2D eigenvalue weighted by molar-refractivity contribution is -0.347. The van der Waals surface area contributed by atoms with Gasteiger partial charge in [-0.1, -0.05) is 0 Å². The maximum Gasteiger partial charge on any atom is 0.430 e. The molecule has 134 valence electrons. The molecule has 1 fully saturated rings. The number of aliphatic hydroxyl groups excluding tert-OH is 1. The van der Waals surface area contributed by atoms with Crippen molar-refractivity contribution in [1.82, 2.24) is 0 Å². The van der Waals surface area contributed by atoms with Gasteiger partial charge >= 0.3 is 18.3 Å². The largest absolute Gasteiger partial charge is 0.478 e. The van der Waals surface area contributed by atoms with E-state index in [2.05, 4.69) is 0 Å². The van der Waals surface area contributed by atoms with Crippen LogP contribution in [0, 0.1) is 5.92 Å². The van der Waals surface area contributed by atoms with Crippen LogP contribution in [0.25, 0.3) is 0 Å². The Hall–Kier alpha value is -1.29. The Balaban J connectivity index is 3.11. The Bertz CT molecular complexity index is 446. The van der Waals surface area contributed by atoms with E-state index < -0.39 is 54.0 Å². The number of rotatable bonds is 4. The minimum atomic E-state index is -6.10. The summed E-state index contributed by atoms with van der Waals surface area (Å²) < 4.78 is 75.7. The van der Waals surface area contributed by atoms with Crippen molar-refractivity contribution in [2.75, 3.05) is 0 Å². The molecule has 1 aliphatic rings. The van der Waals surface area contributed by atoms with Crippen LogP contribution in [0.5, 0.6) is 0 Å². The summed E-state index contributed by atoms with van der Waals surface area (Å²) in [5, 5.41) is 27.2. The molecule has 0 aromatic carbocycles. The summed E-state index contributed by atoms with van der Waals surface area (Å²) in [6.45, 7) is 0. The minimum absolute atomic E-state index is 0.280. The van der Waals surface area contributed by atoms with Crippen LogP contribution in [-0.4, -0.2) is 45.3 Å². The maximum absolute atomic E-state index is 12.6. The first kappa shape index (κ1) is 19.8. The zero-order valence-corrected chi connectivity index (χ0v) is 11.8. The number of halogens is 6. The molecule has 3 N–H and O–H groups in total. The smallest absolute Gasteiger partial charge is 0.430 e. The molecule has 0 amide bonds. The average molecular weight is 350 g/mol. The molecule has 0 radical (unpaired) electrons. The minimum Gasteiger partial charge on any atom is -0.478 e. The summed E-state index contributed by atoms with van der Waals surface area (Å²) in [6.07, 6.45) is -12.9. The lowest BCUT2D eigenvalue weighted by Gasteiger charge is -2.31. The summed E-state index contributed by atoms with van der Waals surface area (Å²) in [5.41, 5.74) is -6.37. The molecule has 0 aromatic rings. The number of hydrogen-bond donors (Lipinski definition) is 3. The first-order valence-electron chi connectivity index (χ1n) is 6.77. The number of carbonyl (C=O) groups is 1. The Kier molecular flexibility index (Phi) is 5.74. The van der Waals surface area contributed by atoms with Crippen LogP contribution in [0.15, 0.2) is 11.6 Å². The Morgan fingerprint density at radius 3 is 1.78 bits per heavy atom. The fourth-order valence-corrected chi connectivity index (χ4v) is 2.44. The van der Waals surface area contributed by atoms with E-state index in [0.29, 0.717) is 12.8 Å². The third kappa shape index (κ3) is 4.60. The molecule has 1 rings (SSSR count). The highest BCUT2D eigenvalue weighted by atomic mass is 19.4. The lowest BCUT2D eigenvalue weighted by Crippen LogP contribution is -2.55. The van der Waals surface area contributed by atoms with Crippen LogP contribution in [0.1, 0.15) is 32.1 Å². The highest BCUT2D eigenvalue weighted by molar-refractivity contribution is 5.86. The van der Waals surface area contributed by atoms with E-state index in [1.165, 1.54) is 0 Å². The molecule has 23 heavy (non-hydrogen) atoms. The normalized spacial score (nSPS) is 24.6. The van der Waals surface area contributed by atoms with Crippen LogP contribution >= 0.6 is 0 Å². The van der Waals surface area contributed by atoms with E-state index in [1.54, 1.807) is 0 Å². The third-order valence-electron chi connectivity index (χ3n) is 3.85. The van der Waals surface area contributed by atoms with Crippen LogP contribution in [0.3, 0.4) is 0 Å². The number of carboxylic acid groups (broad SMARTS) is 1. The van der Waals surface area contributed by atoms with Crippen molar-refractivity contribution in [2.24, 2.45) is 5.92 Å². The van der Waals surface area contributed by atoms with Crippen molar-refractivity contribution in [3.63, 3.8) is 0 Å². The van der Waals surface area contributed by atoms with E-state index in [0.717, 1.165) is 0 Å². The number of aliphatic carboxylic acids is 1. The van der Waals surface area contributed by atoms with Crippen molar-refractivity contribution in [3.8, 4) is 0 Å². The number of carboxylic acids is 1. The van der Waals surface area contributed by atoms with Crippen molar-refractivity contribution in [3.05, 3.63) is 11.6 Å².